The molecular formula is C10H7NOS. The molecule has 0 saturated heterocycles. The van der Waals surface area contributed by atoms with E-state index in [1.54, 1.807) is 16.7 Å². The van der Waals surface area contributed by atoms with Gasteiger partial charge >= 0.3 is 0 Å². The smallest absolute Gasteiger partial charge is 0.134 e. The average molecular weight is 189 g/mol. The van der Waals surface area contributed by atoms with Crippen LogP contribution in [-0.2, 0) is 0 Å². The molecule has 3 rings (SSSR count). The van der Waals surface area contributed by atoms with Crippen molar-refractivity contribution in [3.63, 3.8) is 0 Å². The monoisotopic (exact) mass is 189 g/mol. The SMILES string of the molecule is Oc1csc2cc3cc[nH]c3cc12. The molecule has 3 heteroatoms. The van der Waals surface area contributed by atoms with Gasteiger partial charge in [-0.1, -0.05) is 0 Å². The van der Waals surface area contributed by atoms with Crippen molar-refractivity contribution in [3.05, 3.63) is 29.8 Å². The molecule has 2 heterocycles. The summed E-state index contributed by atoms with van der Waals surface area (Å²) in [6, 6.07) is 6.10. The summed E-state index contributed by atoms with van der Waals surface area (Å²) >= 11 is 1.57. The van der Waals surface area contributed by atoms with Crippen LogP contribution in [0.5, 0.6) is 5.75 Å². The zero-order chi connectivity index (χ0) is 8.84. The normalized spacial score (nSPS) is 11.4. The van der Waals surface area contributed by atoms with Crippen LogP contribution in [0.25, 0.3) is 21.0 Å². The molecule has 2 nitrogen and oxygen atoms in total. The summed E-state index contributed by atoms with van der Waals surface area (Å²) < 4.78 is 1.13. The van der Waals surface area contributed by atoms with E-state index in [1.807, 2.05) is 18.3 Å². The molecule has 0 aliphatic carbocycles. The van der Waals surface area contributed by atoms with Crippen LogP contribution >= 0.6 is 11.3 Å². The maximum absolute atomic E-state index is 9.50. The first-order chi connectivity index (χ1) is 6.34. The Kier molecular flexibility index (Phi) is 1.21. The number of rotatable bonds is 0. The van der Waals surface area contributed by atoms with Crippen LogP contribution in [0.3, 0.4) is 0 Å². The highest BCUT2D eigenvalue weighted by Gasteiger charge is 2.04. The molecule has 0 bridgehead atoms. The Morgan fingerprint density at radius 3 is 3.15 bits per heavy atom. The Hall–Kier alpha value is -1.48. The molecule has 0 radical (unpaired) electrons. The van der Waals surface area contributed by atoms with Crippen LogP contribution in [0.1, 0.15) is 0 Å². The van der Waals surface area contributed by atoms with E-state index in [4.69, 9.17) is 0 Å². The van der Waals surface area contributed by atoms with Crippen molar-refractivity contribution >= 4 is 32.3 Å². The molecule has 0 fully saturated rings. The predicted molar refractivity (Wildman–Crippen MR) is 55.3 cm³/mol. The third-order valence-corrected chi connectivity index (χ3v) is 3.16. The summed E-state index contributed by atoms with van der Waals surface area (Å²) in [5.74, 6) is 0.372. The Balaban J connectivity index is 2.59. The first-order valence-electron chi connectivity index (χ1n) is 4.02. The Morgan fingerprint density at radius 2 is 2.23 bits per heavy atom. The second kappa shape index (κ2) is 2.26. The molecule has 0 spiro atoms. The van der Waals surface area contributed by atoms with Gasteiger partial charge in [0.2, 0.25) is 0 Å². The number of H-pyrrole nitrogens is 1. The molecule has 13 heavy (non-hydrogen) atoms. The van der Waals surface area contributed by atoms with Gasteiger partial charge < -0.3 is 10.1 Å². The summed E-state index contributed by atoms with van der Waals surface area (Å²) in [6.07, 6.45) is 1.91. The number of aromatic amines is 1. The van der Waals surface area contributed by atoms with Gasteiger partial charge in [-0.05, 0) is 18.2 Å². The maximum Gasteiger partial charge on any atom is 0.134 e. The van der Waals surface area contributed by atoms with Crippen LogP contribution in [0, 0.1) is 0 Å². The lowest BCUT2D eigenvalue weighted by molar-refractivity contribution is 0.484. The number of aromatic hydroxyl groups is 1. The first-order valence-corrected chi connectivity index (χ1v) is 4.90. The number of hydrogen-bond donors (Lipinski definition) is 2. The first kappa shape index (κ1) is 6.97. The molecule has 1 aromatic carbocycles. The average Bonchev–Trinajstić information content (AvgIpc) is 2.70. The molecule has 0 amide bonds. The van der Waals surface area contributed by atoms with E-state index in [0.717, 1.165) is 15.6 Å². The molecule has 2 aromatic heterocycles. The topological polar surface area (TPSA) is 36.0 Å². The van der Waals surface area contributed by atoms with Crippen LogP contribution in [-0.4, -0.2) is 10.1 Å². The van der Waals surface area contributed by atoms with Crippen molar-refractivity contribution in [2.24, 2.45) is 0 Å². The minimum Gasteiger partial charge on any atom is -0.506 e. The Bertz CT molecular complexity index is 579. The maximum atomic E-state index is 9.50. The van der Waals surface area contributed by atoms with Crippen LogP contribution in [0.2, 0.25) is 0 Å². The lowest BCUT2D eigenvalue weighted by Crippen LogP contribution is -1.67. The van der Waals surface area contributed by atoms with Crippen molar-refractivity contribution in [3.8, 4) is 5.75 Å². The van der Waals surface area contributed by atoms with E-state index in [2.05, 4.69) is 11.1 Å². The van der Waals surface area contributed by atoms with Gasteiger partial charge in [-0.25, -0.2) is 0 Å². The van der Waals surface area contributed by atoms with Crippen LogP contribution in [0.4, 0.5) is 0 Å². The highest BCUT2D eigenvalue weighted by atomic mass is 32.1. The molecule has 0 atom stereocenters. The fraction of sp³-hybridized carbons (Fsp3) is 0. The summed E-state index contributed by atoms with van der Waals surface area (Å²) in [5.41, 5.74) is 1.07. The standard InChI is InChI=1S/C10H7NOS/c12-9-5-13-10-3-6-1-2-11-8(6)4-7(9)10/h1-5,11-12H. The fourth-order valence-electron chi connectivity index (χ4n) is 1.56. The largest absolute Gasteiger partial charge is 0.506 e. The van der Waals surface area contributed by atoms with E-state index in [1.165, 1.54) is 5.39 Å². The number of benzene rings is 1. The van der Waals surface area contributed by atoms with Crippen molar-refractivity contribution in [1.82, 2.24) is 4.98 Å². The molecule has 0 unspecified atom stereocenters. The minimum atomic E-state index is 0.372. The molecular weight excluding hydrogens is 182 g/mol. The van der Waals surface area contributed by atoms with Gasteiger partial charge in [-0.2, -0.15) is 0 Å². The second-order valence-electron chi connectivity index (χ2n) is 3.03. The second-order valence-corrected chi connectivity index (χ2v) is 3.95. The van der Waals surface area contributed by atoms with Crippen molar-refractivity contribution in [2.75, 3.05) is 0 Å². The van der Waals surface area contributed by atoms with E-state index in [9.17, 15) is 5.11 Å². The van der Waals surface area contributed by atoms with Gasteiger partial charge in [-0.3, -0.25) is 0 Å². The number of nitrogens with one attached hydrogen (secondary N) is 1. The summed E-state index contributed by atoms with van der Waals surface area (Å²) in [7, 11) is 0. The fourth-order valence-corrected chi connectivity index (χ4v) is 2.41. The Labute approximate surface area is 78.4 Å². The zero-order valence-corrected chi connectivity index (χ0v) is 7.56. The predicted octanol–water partition coefficient (Wildman–Crippen LogP) is 3.09. The molecule has 3 aromatic rings. The summed E-state index contributed by atoms with van der Waals surface area (Å²) in [4.78, 5) is 3.12. The van der Waals surface area contributed by atoms with E-state index < -0.39 is 0 Å². The molecule has 64 valence electrons. The third kappa shape index (κ3) is 0.876. The van der Waals surface area contributed by atoms with Gasteiger partial charge in [0.05, 0.1) is 0 Å². The van der Waals surface area contributed by atoms with Gasteiger partial charge in [0.25, 0.3) is 0 Å². The van der Waals surface area contributed by atoms with Crippen molar-refractivity contribution < 1.29 is 5.11 Å². The number of hydrogen-bond acceptors (Lipinski definition) is 2. The number of fused-ring (bicyclic) bond motifs is 2. The Morgan fingerprint density at radius 1 is 1.31 bits per heavy atom. The van der Waals surface area contributed by atoms with Gasteiger partial charge in [0.1, 0.15) is 5.75 Å². The third-order valence-electron chi connectivity index (χ3n) is 2.23. The molecule has 0 aliphatic heterocycles. The quantitative estimate of drug-likeness (QED) is 0.560. The lowest BCUT2D eigenvalue weighted by atomic mass is 10.2. The van der Waals surface area contributed by atoms with Crippen molar-refractivity contribution in [1.29, 1.82) is 0 Å². The lowest BCUT2D eigenvalue weighted by Gasteiger charge is -1.92. The van der Waals surface area contributed by atoms with E-state index >= 15 is 0 Å². The van der Waals surface area contributed by atoms with E-state index in [0.29, 0.717) is 5.75 Å². The van der Waals surface area contributed by atoms with Crippen LogP contribution < -0.4 is 0 Å². The molecule has 0 saturated carbocycles. The van der Waals surface area contributed by atoms with Gasteiger partial charge in [0.15, 0.2) is 0 Å². The van der Waals surface area contributed by atoms with Gasteiger partial charge in [-0.15, -0.1) is 11.3 Å². The van der Waals surface area contributed by atoms with Crippen LogP contribution in [0.15, 0.2) is 29.8 Å². The highest BCUT2D eigenvalue weighted by Crippen LogP contribution is 2.33. The summed E-state index contributed by atoms with van der Waals surface area (Å²) in [6.45, 7) is 0. The van der Waals surface area contributed by atoms with Crippen molar-refractivity contribution in [2.45, 2.75) is 0 Å². The summed E-state index contributed by atoms with van der Waals surface area (Å²) in [5, 5.41) is 13.4. The highest BCUT2D eigenvalue weighted by molar-refractivity contribution is 7.17. The van der Waals surface area contributed by atoms with Gasteiger partial charge in [0, 0.05) is 32.6 Å². The molecule has 2 N–H and O–H groups in total. The van der Waals surface area contributed by atoms with E-state index in [-0.39, 0.29) is 0 Å². The number of thiophene rings is 1. The molecule has 0 aliphatic rings. The number of aromatic nitrogens is 1. The minimum absolute atomic E-state index is 0.372. The zero-order valence-electron chi connectivity index (χ0n) is 6.74.